The van der Waals surface area contributed by atoms with Crippen LogP contribution in [0.2, 0.25) is 0 Å². The fourth-order valence-corrected chi connectivity index (χ4v) is 4.09. The molecular formula is C22H22N2O5. The van der Waals surface area contributed by atoms with Crippen molar-refractivity contribution < 1.29 is 23.9 Å². The molecule has 0 saturated carbocycles. The number of amides is 2. The maximum absolute atomic E-state index is 13.0. The third-order valence-corrected chi connectivity index (χ3v) is 5.62. The Kier molecular flexibility index (Phi) is 5.07. The van der Waals surface area contributed by atoms with Gasteiger partial charge < -0.3 is 19.7 Å². The number of nitrogens with zero attached hydrogens (tertiary/aromatic N) is 1. The Morgan fingerprint density at radius 2 is 1.79 bits per heavy atom. The van der Waals surface area contributed by atoms with E-state index in [4.69, 9.17) is 4.74 Å². The van der Waals surface area contributed by atoms with Gasteiger partial charge in [0.1, 0.15) is 12.7 Å². The second-order valence-corrected chi connectivity index (χ2v) is 7.26. The molecule has 2 amide bonds. The van der Waals surface area contributed by atoms with E-state index in [1.54, 1.807) is 29.2 Å². The van der Waals surface area contributed by atoms with Gasteiger partial charge in [-0.25, -0.2) is 4.79 Å². The third kappa shape index (κ3) is 3.49. The molecule has 0 aliphatic carbocycles. The van der Waals surface area contributed by atoms with Crippen LogP contribution in [0.4, 0.5) is 0 Å². The van der Waals surface area contributed by atoms with Crippen molar-refractivity contribution in [3.63, 3.8) is 0 Å². The highest BCUT2D eigenvalue weighted by molar-refractivity contribution is 5.96. The van der Waals surface area contributed by atoms with Crippen molar-refractivity contribution in [2.75, 3.05) is 26.8 Å². The number of methoxy groups -OCH3 is 1. The van der Waals surface area contributed by atoms with Crippen molar-refractivity contribution in [3.05, 3.63) is 71.3 Å². The van der Waals surface area contributed by atoms with Crippen LogP contribution in [0.1, 0.15) is 32.7 Å². The lowest BCUT2D eigenvalue weighted by Crippen LogP contribution is -2.67. The Hall–Kier alpha value is -3.19. The lowest BCUT2D eigenvalue weighted by molar-refractivity contribution is -0.150. The summed E-state index contributed by atoms with van der Waals surface area (Å²) in [4.78, 5) is 38.4. The Morgan fingerprint density at radius 1 is 1.10 bits per heavy atom. The number of morpholine rings is 1. The Balaban J connectivity index is 1.55. The summed E-state index contributed by atoms with van der Waals surface area (Å²) in [7, 11) is 1.32. The topological polar surface area (TPSA) is 84.9 Å². The first kappa shape index (κ1) is 19.1. The number of esters is 1. The highest BCUT2D eigenvalue weighted by Crippen LogP contribution is 2.37. The molecule has 0 spiro atoms. The molecule has 2 saturated heterocycles. The van der Waals surface area contributed by atoms with E-state index >= 15 is 0 Å². The standard InChI is InChI=1S/C22H22N2O5/c1-28-21(27)16-9-7-15(8-10-16)20(26)24-12-11-22(17-5-3-2-4-6-17)18(13-24)29-14-19(25)23-22/h2-10,18H,11-14H2,1H3,(H,23,25)/t18-,22+/m1/s1. The number of nitrogens with one attached hydrogen (secondary N) is 1. The molecule has 150 valence electrons. The van der Waals surface area contributed by atoms with E-state index in [1.807, 2.05) is 30.3 Å². The molecular weight excluding hydrogens is 372 g/mol. The van der Waals surface area contributed by atoms with Gasteiger partial charge in [0, 0.05) is 18.7 Å². The van der Waals surface area contributed by atoms with Crippen LogP contribution in [-0.2, 0) is 19.8 Å². The van der Waals surface area contributed by atoms with Gasteiger partial charge in [-0.2, -0.15) is 0 Å². The van der Waals surface area contributed by atoms with Crippen LogP contribution in [-0.4, -0.2) is 55.6 Å². The number of benzene rings is 2. The van der Waals surface area contributed by atoms with Crippen molar-refractivity contribution in [1.29, 1.82) is 0 Å². The van der Waals surface area contributed by atoms with Crippen molar-refractivity contribution in [3.8, 4) is 0 Å². The zero-order valence-corrected chi connectivity index (χ0v) is 16.1. The van der Waals surface area contributed by atoms with Gasteiger partial charge in [-0.3, -0.25) is 9.59 Å². The van der Waals surface area contributed by atoms with E-state index in [9.17, 15) is 14.4 Å². The summed E-state index contributed by atoms with van der Waals surface area (Å²) in [5.41, 5.74) is 1.23. The molecule has 29 heavy (non-hydrogen) atoms. The van der Waals surface area contributed by atoms with Crippen molar-refractivity contribution >= 4 is 17.8 Å². The van der Waals surface area contributed by atoms with E-state index < -0.39 is 11.5 Å². The van der Waals surface area contributed by atoms with Gasteiger partial charge in [0.25, 0.3) is 5.91 Å². The van der Waals surface area contributed by atoms with Crippen molar-refractivity contribution in [1.82, 2.24) is 10.2 Å². The lowest BCUT2D eigenvalue weighted by Gasteiger charge is -2.50. The first-order valence-electron chi connectivity index (χ1n) is 9.49. The molecule has 0 aromatic heterocycles. The number of likely N-dealkylation sites (tertiary alicyclic amines) is 1. The summed E-state index contributed by atoms with van der Waals surface area (Å²) < 4.78 is 10.6. The minimum atomic E-state index is -0.637. The smallest absolute Gasteiger partial charge is 0.337 e. The first-order chi connectivity index (χ1) is 14.0. The molecule has 2 aliphatic heterocycles. The summed E-state index contributed by atoms with van der Waals surface area (Å²) in [6.45, 7) is 0.828. The molecule has 2 fully saturated rings. The molecule has 0 unspecified atom stereocenters. The third-order valence-electron chi connectivity index (χ3n) is 5.62. The van der Waals surface area contributed by atoms with Crippen LogP contribution >= 0.6 is 0 Å². The van der Waals surface area contributed by atoms with Crippen LogP contribution in [0.15, 0.2) is 54.6 Å². The molecule has 2 aromatic carbocycles. The zero-order valence-electron chi connectivity index (χ0n) is 16.1. The molecule has 7 nitrogen and oxygen atoms in total. The van der Waals surface area contributed by atoms with Crippen molar-refractivity contribution in [2.45, 2.75) is 18.1 Å². The van der Waals surface area contributed by atoms with Gasteiger partial charge in [0.2, 0.25) is 5.91 Å². The number of hydrogen-bond acceptors (Lipinski definition) is 5. The van der Waals surface area contributed by atoms with Gasteiger partial charge in [0.15, 0.2) is 0 Å². The predicted octanol–water partition coefficient (Wildman–Crippen LogP) is 1.73. The van der Waals surface area contributed by atoms with Gasteiger partial charge in [-0.1, -0.05) is 30.3 Å². The van der Waals surface area contributed by atoms with E-state index in [0.717, 1.165) is 5.56 Å². The Morgan fingerprint density at radius 3 is 2.48 bits per heavy atom. The number of ether oxygens (including phenoxy) is 2. The van der Waals surface area contributed by atoms with E-state index in [1.165, 1.54) is 7.11 Å². The number of hydrogen-bond donors (Lipinski definition) is 1. The molecule has 2 aliphatic rings. The summed E-state index contributed by atoms with van der Waals surface area (Å²) in [5.74, 6) is -0.729. The average Bonchev–Trinajstić information content (AvgIpc) is 2.78. The van der Waals surface area contributed by atoms with Crippen LogP contribution in [0.5, 0.6) is 0 Å². The van der Waals surface area contributed by atoms with Gasteiger partial charge in [-0.15, -0.1) is 0 Å². The molecule has 1 N–H and O–H groups in total. The van der Waals surface area contributed by atoms with Crippen LogP contribution in [0.25, 0.3) is 0 Å². The van der Waals surface area contributed by atoms with E-state index in [0.29, 0.717) is 30.6 Å². The minimum Gasteiger partial charge on any atom is -0.465 e. The van der Waals surface area contributed by atoms with Crippen LogP contribution in [0.3, 0.4) is 0 Å². The normalized spacial score (nSPS) is 23.7. The highest BCUT2D eigenvalue weighted by atomic mass is 16.5. The van der Waals surface area contributed by atoms with Crippen molar-refractivity contribution in [2.24, 2.45) is 0 Å². The summed E-state index contributed by atoms with van der Waals surface area (Å²) in [6.07, 6.45) is 0.217. The SMILES string of the molecule is COC(=O)c1ccc(C(=O)N2CC[C@@]3(c4ccccc4)NC(=O)CO[C@@H]3C2)cc1. The summed E-state index contributed by atoms with van der Waals surface area (Å²) >= 11 is 0. The molecule has 0 bridgehead atoms. The highest BCUT2D eigenvalue weighted by Gasteiger charge is 2.49. The Labute approximate surface area is 168 Å². The Bertz CT molecular complexity index is 928. The number of rotatable bonds is 3. The average molecular weight is 394 g/mol. The largest absolute Gasteiger partial charge is 0.465 e. The summed E-state index contributed by atoms with van der Waals surface area (Å²) in [5, 5.41) is 3.12. The fourth-order valence-electron chi connectivity index (χ4n) is 4.09. The second-order valence-electron chi connectivity index (χ2n) is 7.26. The van der Waals surface area contributed by atoms with Crippen LogP contribution in [0, 0.1) is 0 Å². The van der Waals surface area contributed by atoms with Gasteiger partial charge in [-0.05, 0) is 36.2 Å². The maximum atomic E-state index is 13.0. The van der Waals surface area contributed by atoms with Crippen LogP contribution < -0.4 is 5.32 Å². The zero-order chi connectivity index (χ0) is 20.4. The van der Waals surface area contributed by atoms with Gasteiger partial charge >= 0.3 is 5.97 Å². The van der Waals surface area contributed by atoms with E-state index in [-0.39, 0.29) is 24.5 Å². The molecule has 0 radical (unpaired) electrons. The quantitative estimate of drug-likeness (QED) is 0.802. The second kappa shape index (κ2) is 7.67. The lowest BCUT2D eigenvalue weighted by atomic mass is 9.77. The molecule has 7 heteroatoms. The molecule has 2 atom stereocenters. The number of carbonyl (C=O) groups excluding carboxylic acids is 3. The summed E-state index contributed by atoms with van der Waals surface area (Å²) in [6, 6.07) is 16.1. The molecule has 2 aromatic rings. The number of carbonyl (C=O) groups is 3. The number of piperidine rings is 1. The minimum absolute atomic E-state index is 0.0187. The maximum Gasteiger partial charge on any atom is 0.337 e. The first-order valence-corrected chi connectivity index (χ1v) is 9.49. The monoisotopic (exact) mass is 394 g/mol. The van der Waals surface area contributed by atoms with E-state index in [2.05, 4.69) is 10.1 Å². The number of fused-ring (bicyclic) bond motifs is 1. The molecule has 2 heterocycles. The predicted molar refractivity (Wildman–Crippen MR) is 104 cm³/mol. The fraction of sp³-hybridized carbons (Fsp3) is 0.318. The molecule has 4 rings (SSSR count). The van der Waals surface area contributed by atoms with Gasteiger partial charge in [0.05, 0.1) is 18.2 Å².